The molecule has 1 aromatic carbocycles. The SMILES string of the molecule is Cc1cc([N+](=O)[O-])ccc1C(=O)NCC(C)CCl. The number of hydrogen-bond acceptors (Lipinski definition) is 3. The smallest absolute Gasteiger partial charge is 0.269 e. The standard InChI is InChI=1S/C12H15ClN2O3/c1-8(6-13)7-14-12(16)11-4-3-10(15(17)18)5-9(11)2/h3-5,8H,6-7H2,1-2H3,(H,14,16). The first-order chi connectivity index (χ1) is 8.45. The summed E-state index contributed by atoms with van der Waals surface area (Å²) in [6, 6.07) is 4.18. The number of aryl methyl sites for hydroxylation is 1. The summed E-state index contributed by atoms with van der Waals surface area (Å²) in [7, 11) is 0. The Hall–Kier alpha value is -1.62. The van der Waals surface area contributed by atoms with Crippen LogP contribution >= 0.6 is 11.6 Å². The Balaban J connectivity index is 2.78. The van der Waals surface area contributed by atoms with E-state index in [2.05, 4.69) is 5.32 Å². The Morgan fingerprint density at radius 1 is 1.56 bits per heavy atom. The van der Waals surface area contributed by atoms with Crippen molar-refractivity contribution in [3.05, 3.63) is 39.4 Å². The van der Waals surface area contributed by atoms with Crippen molar-refractivity contribution in [3.8, 4) is 0 Å². The minimum absolute atomic E-state index is 0.0156. The lowest BCUT2D eigenvalue weighted by Crippen LogP contribution is -2.29. The Morgan fingerprint density at radius 2 is 2.22 bits per heavy atom. The summed E-state index contributed by atoms with van der Waals surface area (Å²) in [6.07, 6.45) is 0. The van der Waals surface area contributed by atoms with Crippen LogP contribution in [-0.4, -0.2) is 23.3 Å². The molecule has 0 fully saturated rings. The third-order valence-corrected chi connectivity index (χ3v) is 3.07. The van der Waals surface area contributed by atoms with Gasteiger partial charge in [-0.05, 0) is 24.5 Å². The van der Waals surface area contributed by atoms with E-state index < -0.39 is 4.92 Å². The van der Waals surface area contributed by atoms with Gasteiger partial charge in [-0.1, -0.05) is 6.92 Å². The second-order valence-corrected chi connectivity index (χ2v) is 4.53. The molecular formula is C12H15ClN2O3. The highest BCUT2D eigenvalue weighted by Crippen LogP contribution is 2.17. The van der Waals surface area contributed by atoms with Gasteiger partial charge < -0.3 is 5.32 Å². The molecule has 0 saturated carbocycles. The second-order valence-electron chi connectivity index (χ2n) is 4.23. The van der Waals surface area contributed by atoms with Gasteiger partial charge in [0.25, 0.3) is 11.6 Å². The number of benzene rings is 1. The van der Waals surface area contributed by atoms with E-state index in [0.717, 1.165) is 0 Å². The monoisotopic (exact) mass is 270 g/mol. The summed E-state index contributed by atoms with van der Waals surface area (Å²) in [4.78, 5) is 21.9. The molecule has 0 aromatic heterocycles. The summed E-state index contributed by atoms with van der Waals surface area (Å²) < 4.78 is 0. The molecule has 0 aliphatic rings. The molecule has 0 aliphatic carbocycles. The van der Waals surface area contributed by atoms with E-state index in [1.807, 2.05) is 6.92 Å². The number of carbonyl (C=O) groups is 1. The fraction of sp³-hybridized carbons (Fsp3) is 0.417. The molecule has 18 heavy (non-hydrogen) atoms. The van der Waals surface area contributed by atoms with Crippen LogP contribution in [0, 0.1) is 23.0 Å². The number of non-ortho nitro benzene ring substituents is 1. The van der Waals surface area contributed by atoms with Crippen LogP contribution in [0.25, 0.3) is 0 Å². The first-order valence-electron chi connectivity index (χ1n) is 5.55. The first kappa shape index (κ1) is 14.4. The van der Waals surface area contributed by atoms with Gasteiger partial charge in [0.1, 0.15) is 0 Å². The molecule has 5 nitrogen and oxygen atoms in total. The molecule has 1 amide bonds. The van der Waals surface area contributed by atoms with Crippen molar-refractivity contribution >= 4 is 23.2 Å². The number of alkyl halides is 1. The van der Waals surface area contributed by atoms with Crippen LogP contribution in [0.5, 0.6) is 0 Å². The van der Waals surface area contributed by atoms with Gasteiger partial charge in [-0.25, -0.2) is 0 Å². The number of nitrogens with one attached hydrogen (secondary N) is 1. The average Bonchev–Trinajstić information content (AvgIpc) is 2.35. The molecule has 6 heteroatoms. The number of nitrogens with zero attached hydrogens (tertiary/aromatic N) is 1. The Kier molecular flexibility index (Phi) is 5.09. The van der Waals surface area contributed by atoms with Gasteiger partial charge in [-0.15, -0.1) is 11.6 Å². The van der Waals surface area contributed by atoms with Crippen molar-refractivity contribution < 1.29 is 9.72 Å². The van der Waals surface area contributed by atoms with Crippen molar-refractivity contribution in [3.63, 3.8) is 0 Å². The van der Waals surface area contributed by atoms with E-state index in [9.17, 15) is 14.9 Å². The zero-order chi connectivity index (χ0) is 13.7. The molecule has 1 unspecified atom stereocenters. The molecule has 0 spiro atoms. The largest absolute Gasteiger partial charge is 0.352 e. The van der Waals surface area contributed by atoms with Gasteiger partial charge in [0.2, 0.25) is 0 Å². The summed E-state index contributed by atoms with van der Waals surface area (Å²) in [5.41, 5.74) is 1.01. The lowest BCUT2D eigenvalue weighted by Gasteiger charge is -2.10. The third kappa shape index (κ3) is 3.70. The maximum atomic E-state index is 11.8. The normalized spacial score (nSPS) is 11.9. The molecule has 0 bridgehead atoms. The quantitative estimate of drug-likeness (QED) is 0.508. The Labute approximate surface area is 110 Å². The number of nitro benzene ring substituents is 1. The molecule has 0 heterocycles. The molecule has 0 aliphatic heterocycles. The number of amides is 1. The number of carbonyl (C=O) groups excluding carboxylic acids is 1. The van der Waals surface area contributed by atoms with E-state index >= 15 is 0 Å². The molecular weight excluding hydrogens is 256 g/mol. The van der Waals surface area contributed by atoms with E-state index in [1.165, 1.54) is 18.2 Å². The second kappa shape index (κ2) is 6.35. The Bertz CT molecular complexity index is 463. The predicted octanol–water partition coefficient (Wildman–Crippen LogP) is 2.51. The van der Waals surface area contributed by atoms with Crippen LogP contribution < -0.4 is 5.32 Å². The van der Waals surface area contributed by atoms with Gasteiger partial charge in [-0.3, -0.25) is 14.9 Å². The van der Waals surface area contributed by atoms with Crippen LogP contribution in [0.2, 0.25) is 0 Å². The minimum Gasteiger partial charge on any atom is -0.352 e. The average molecular weight is 271 g/mol. The van der Waals surface area contributed by atoms with Crippen LogP contribution in [0.4, 0.5) is 5.69 Å². The van der Waals surface area contributed by atoms with Crippen molar-refractivity contribution in [1.82, 2.24) is 5.32 Å². The van der Waals surface area contributed by atoms with Crippen LogP contribution in [-0.2, 0) is 0 Å². The van der Waals surface area contributed by atoms with Gasteiger partial charge in [0.05, 0.1) is 4.92 Å². The number of hydrogen-bond donors (Lipinski definition) is 1. The predicted molar refractivity (Wildman–Crippen MR) is 70.1 cm³/mol. The lowest BCUT2D eigenvalue weighted by molar-refractivity contribution is -0.384. The van der Waals surface area contributed by atoms with Gasteiger partial charge in [-0.2, -0.15) is 0 Å². The zero-order valence-corrected chi connectivity index (χ0v) is 11.0. The summed E-state index contributed by atoms with van der Waals surface area (Å²) in [5, 5.41) is 13.3. The highest BCUT2D eigenvalue weighted by atomic mass is 35.5. The van der Waals surface area contributed by atoms with E-state index in [0.29, 0.717) is 23.6 Å². The molecule has 1 aromatic rings. The van der Waals surface area contributed by atoms with Crippen LogP contribution in [0.15, 0.2) is 18.2 Å². The maximum Gasteiger partial charge on any atom is 0.269 e. The fourth-order valence-electron chi connectivity index (χ4n) is 1.43. The van der Waals surface area contributed by atoms with Crippen molar-refractivity contribution in [2.45, 2.75) is 13.8 Å². The molecule has 0 saturated heterocycles. The maximum absolute atomic E-state index is 11.8. The molecule has 0 radical (unpaired) electrons. The van der Waals surface area contributed by atoms with Crippen molar-refractivity contribution in [1.29, 1.82) is 0 Å². The van der Waals surface area contributed by atoms with Gasteiger partial charge >= 0.3 is 0 Å². The Morgan fingerprint density at radius 3 is 2.72 bits per heavy atom. The number of nitro groups is 1. The van der Waals surface area contributed by atoms with E-state index in [1.54, 1.807) is 6.92 Å². The van der Waals surface area contributed by atoms with Gasteiger partial charge in [0, 0.05) is 30.1 Å². The van der Waals surface area contributed by atoms with Crippen LogP contribution in [0.1, 0.15) is 22.8 Å². The molecule has 98 valence electrons. The van der Waals surface area contributed by atoms with Crippen LogP contribution in [0.3, 0.4) is 0 Å². The zero-order valence-electron chi connectivity index (χ0n) is 10.3. The third-order valence-electron chi connectivity index (χ3n) is 2.54. The molecule has 1 rings (SSSR count). The summed E-state index contributed by atoms with van der Waals surface area (Å²) >= 11 is 5.64. The topological polar surface area (TPSA) is 72.2 Å². The fourth-order valence-corrected chi connectivity index (χ4v) is 1.54. The molecule has 1 atom stereocenters. The van der Waals surface area contributed by atoms with E-state index in [4.69, 9.17) is 11.6 Å². The van der Waals surface area contributed by atoms with E-state index in [-0.39, 0.29) is 17.5 Å². The summed E-state index contributed by atoms with van der Waals surface area (Å²) in [5.74, 6) is 0.424. The highest BCUT2D eigenvalue weighted by molar-refractivity contribution is 6.18. The number of halogens is 1. The lowest BCUT2D eigenvalue weighted by atomic mass is 10.1. The van der Waals surface area contributed by atoms with Crippen molar-refractivity contribution in [2.24, 2.45) is 5.92 Å². The number of rotatable bonds is 5. The van der Waals surface area contributed by atoms with Gasteiger partial charge in [0.15, 0.2) is 0 Å². The molecule has 1 N–H and O–H groups in total. The van der Waals surface area contributed by atoms with Crippen molar-refractivity contribution in [2.75, 3.05) is 12.4 Å². The highest BCUT2D eigenvalue weighted by Gasteiger charge is 2.13. The minimum atomic E-state index is -0.482. The first-order valence-corrected chi connectivity index (χ1v) is 6.08. The summed E-state index contributed by atoms with van der Waals surface area (Å²) in [6.45, 7) is 4.08.